The van der Waals surface area contributed by atoms with E-state index in [0.717, 1.165) is 11.6 Å². The molecule has 29 heavy (non-hydrogen) atoms. The molecule has 1 aliphatic rings. The van der Waals surface area contributed by atoms with E-state index in [1.165, 1.54) is 6.20 Å². The fraction of sp³-hybridized carbons (Fsp3) is 0.286. The van der Waals surface area contributed by atoms with Crippen LogP contribution in [0.5, 0.6) is 0 Å². The van der Waals surface area contributed by atoms with Gasteiger partial charge in [-0.05, 0) is 36.8 Å². The minimum atomic E-state index is -1.31. The number of hydrogen-bond donors (Lipinski definition) is 2. The van der Waals surface area contributed by atoms with Gasteiger partial charge in [-0.1, -0.05) is 0 Å². The maximum atomic E-state index is 15.0. The van der Waals surface area contributed by atoms with Crippen molar-refractivity contribution in [1.29, 1.82) is 0 Å². The van der Waals surface area contributed by atoms with Gasteiger partial charge < -0.3 is 19.9 Å². The number of piperazine rings is 1. The third-order valence-electron chi connectivity index (χ3n) is 5.34. The largest absolute Gasteiger partial charge is 0.477 e. The number of fused-ring (bicyclic) bond motifs is 1. The predicted molar refractivity (Wildman–Crippen MR) is 108 cm³/mol. The summed E-state index contributed by atoms with van der Waals surface area (Å²) in [4.78, 5) is 29.9. The zero-order chi connectivity index (χ0) is 20.5. The van der Waals surface area contributed by atoms with Gasteiger partial charge in [-0.15, -0.1) is 0 Å². The van der Waals surface area contributed by atoms with Crippen LogP contribution in [-0.4, -0.2) is 40.3 Å². The van der Waals surface area contributed by atoms with Crippen molar-refractivity contribution in [2.75, 3.05) is 24.5 Å². The molecule has 0 bridgehead atoms. The van der Waals surface area contributed by atoms with E-state index in [1.807, 2.05) is 24.0 Å². The number of benzene rings is 1. The lowest BCUT2D eigenvalue weighted by Gasteiger charge is -2.35. The molecule has 0 saturated carbocycles. The second kappa shape index (κ2) is 7.63. The zero-order valence-electron chi connectivity index (χ0n) is 15.9. The number of aryl methyl sites for hydroxylation is 1. The van der Waals surface area contributed by atoms with Crippen LogP contribution >= 0.6 is 0 Å². The summed E-state index contributed by atoms with van der Waals surface area (Å²) in [7, 11) is 0. The molecule has 150 valence electrons. The van der Waals surface area contributed by atoms with E-state index in [9.17, 15) is 14.7 Å². The van der Waals surface area contributed by atoms with Gasteiger partial charge in [-0.25, -0.2) is 9.18 Å². The van der Waals surface area contributed by atoms with Crippen molar-refractivity contribution in [3.8, 4) is 0 Å². The van der Waals surface area contributed by atoms with E-state index in [-0.39, 0.29) is 17.0 Å². The Hall–Kier alpha value is -3.26. The number of aromatic nitrogens is 2. The van der Waals surface area contributed by atoms with Crippen LogP contribution in [0.4, 0.5) is 10.1 Å². The third kappa shape index (κ3) is 3.47. The smallest absolute Gasteiger partial charge is 0.341 e. The van der Waals surface area contributed by atoms with E-state index in [4.69, 9.17) is 0 Å². The van der Waals surface area contributed by atoms with Crippen LogP contribution in [0.3, 0.4) is 0 Å². The van der Waals surface area contributed by atoms with Gasteiger partial charge in [0.25, 0.3) is 0 Å². The molecule has 0 radical (unpaired) electrons. The molecule has 7 nitrogen and oxygen atoms in total. The summed E-state index contributed by atoms with van der Waals surface area (Å²) in [6.45, 7) is 4.18. The topological polar surface area (TPSA) is 87.5 Å². The number of halogens is 1. The monoisotopic (exact) mass is 396 g/mol. The minimum Gasteiger partial charge on any atom is -0.477 e. The van der Waals surface area contributed by atoms with E-state index in [2.05, 4.69) is 10.3 Å². The molecular weight excluding hydrogens is 375 g/mol. The summed E-state index contributed by atoms with van der Waals surface area (Å²) >= 11 is 0. The molecule has 3 aromatic rings. The lowest BCUT2D eigenvalue weighted by molar-refractivity contribution is 0.0695. The van der Waals surface area contributed by atoms with Crippen molar-refractivity contribution in [3.05, 3.63) is 70.0 Å². The number of aromatic carboxylic acids is 1. The Balaban J connectivity index is 1.78. The minimum absolute atomic E-state index is 0.0320. The maximum Gasteiger partial charge on any atom is 0.341 e. The van der Waals surface area contributed by atoms with Crippen LogP contribution in [0, 0.1) is 5.82 Å². The lowest BCUT2D eigenvalue weighted by atomic mass is 10.0. The third-order valence-corrected chi connectivity index (χ3v) is 5.34. The Morgan fingerprint density at radius 2 is 2.10 bits per heavy atom. The summed E-state index contributed by atoms with van der Waals surface area (Å²) in [6, 6.07) is 6.70. The fourth-order valence-electron chi connectivity index (χ4n) is 3.84. The molecular formula is C21H21FN4O3. The Bertz CT molecular complexity index is 1130. The molecule has 1 fully saturated rings. The van der Waals surface area contributed by atoms with Crippen molar-refractivity contribution in [1.82, 2.24) is 14.9 Å². The number of carboxylic acid groups (broad SMARTS) is 1. The number of carboxylic acids is 1. The number of nitrogens with one attached hydrogen (secondary N) is 1. The van der Waals surface area contributed by atoms with Gasteiger partial charge >= 0.3 is 5.97 Å². The summed E-state index contributed by atoms with van der Waals surface area (Å²) < 4.78 is 16.7. The van der Waals surface area contributed by atoms with Crippen molar-refractivity contribution >= 4 is 22.6 Å². The van der Waals surface area contributed by atoms with Gasteiger partial charge in [-0.2, -0.15) is 0 Å². The van der Waals surface area contributed by atoms with Crippen molar-refractivity contribution in [3.63, 3.8) is 0 Å². The standard InChI is InChI=1S/C21H21FN4O3/c1-2-25-11-15(21(28)29)20(27)14-9-16(22)19(10-18(14)25)26-8-7-24-17(12-26)13-3-5-23-6-4-13/h3-6,9-11,17,24H,2,7-8,12H2,1H3,(H,28,29). The number of carbonyl (C=O) groups is 1. The summed E-state index contributed by atoms with van der Waals surface area (Å²) in [5.74, 6) is -1.85. The van der Waals surface area contributed by atoms with Crippen LogP contribution in [0.1, 0.15) is 28.9 Å². The van der Waals surface area contributed by atoms with Crippen molar-refractivity contribution in [2.24, 2.45) is 0 Å². The van der Waals surface area contributed by atoms with Gasteiger partial charge in [0.2, 0.25) is 5.43 Å². The highest BCUT2D eigenvalue weighted by molar-refractivity contribution is 5.93. The Labute approximate surface area is 166 Å². The molecule has 1 saturated heterocycles. The Morgan fingerprint density at radius 3 is 2.79 bits per heavy atom. The molecule has 0 amide bonds. The molecule has 3 heterocycles. The van der Waals surface area contributed by atoms with Crippen LogP contribution in [0.25, 0.3) is 10.9 Å². The molecule has 8 heteroatoms. The summed E-state index contributed by atoms with van der Waals surface area (Å²) in [5.41, 5.74) is 0.979. The second-order valence-electron chi connectivity index (χ2n) is 7.02. The van der Waals surface area contributed by atoms with Gasteiger partial charge in [0, 0.05) is 56.2 Å². The van der Waals surface area contributed by atoms with Crippen LogP contribution in [0.2, 0.25) is 0 Å². The van der Waals surface area contributed by atoms with Crippen molar-refractivity contribution in [2.45, 2.75) is 19.5 Å². The number of nitrogens with zero attached hydrogens (tertiary/aromatic N) is 3. The van der Waals surface area contributed by atoms with Gasteiger partial charge in [0.1, 0.15) is 11.4 Å². The molecule has 0 aliphatic carbocycles. The maximum absolute atomic E-state index is 15.0. The number of hydrogen-bond acceptors (Lipinski definition) is 5. The average molecular weight is 396 g/mol. The number of pyridine rings is 2. The Morgan fingerprint density at radius 1 is 1.34 bits per heavy atom. The first-order valence-corrected chi connectivity index (χ1v) is 9.47. The van der Waals surface area contributed by atoms with Gasteiger partial charge in [0.15, 0.2) is 0 Å². The Kier molecular flexibility index (Phi) is 5.02. The number of anilines is 1. The average Bonchev–Trinajstić information content (AvgIpc) is 2.74. The second-order valence-corrected chi connectivity index (χ2v) is 7.02. The van der Waals surface area contributed by atoms with Crippen LogP contribution in [-0.2, 0) is 6.54 Å². The molecule has 2 N–H and O–H groups in total. The van der Waals surface area contributed by atoms with Gasteiger partial charge in [-0.3, -0.25) is 9.78 Å². The lowest BCUT2D eigenvalue weighted by Crippen LogP contribution is -2.46. The highest BCUT2D eigenvalue weighted by Gasteiger charge is 2.24. The first kappa shape index (κ1) is 19.1. The normalized spacial score (nSPS) is 16.9. The molecule has 1 aromatic carbocycles. The SMILES string of the molecule is CCn1cc(C(=O)O)c(=O)c2cc(F)c(N3CCNC(c4ccncc4)C3)cc21. The summed E-state index contributed by atoms with van der Waals surface area (Å²) in [5, 5.41) is 12.8. The quantitative estimate of drug-likeness (QED) is 0.704. The first-order chi connectivity index (χ1) is 14.0. The first-order valence-electron chi connectivity index (χ1n) is 9.47. The van der Waals surface area contributed by atoms with Crippen LogP contribution in [0.15, 0.2) is 47.7 Å². The molecule has 1 aliphatic heterocycles. The van der Waals surface area contributed by atoms with E-state index >= 15 is 4.39 Å². The number of rotatable bonds is 4. The summed E-state index contributed by atoms with van der Waals surface area (Å²) in [6.07, 6.45) is 4.78. The molecule has 1 atom stereocenters. The highest BCUT2D eigenvalue weighted by atomic mass is 19.1. The molecule has 4 rings (SSSR count). The zero-order valence-corrected chi connectivity index (χ0v) is 15.9. The molecule has 2 aromatic heterocycles. The van der Waals surface area contributed by atoms with E-state index < -0.39 is 17.2 Å². The van der Waals surface area contributed by atoms with E-state index in [0.29, 0.717) is 37.4 Å². The highest BCUT2D eigenvalue weighted by Crippen LogP contribution is 2.28. The van der Waals surface area contributed by atoms with Gasteiger partial charge in [0.05, 0.1) is 11.2 Å². The molecule has 1 unspecified atom stereocenters. The van der Waals surface area contributed by atoms with Crippen LogP contribution < -0.4 is 15.6 Å². The predicted octanol–water partition coefficient (Wildman–Crippen LogP) is 2.40. The van der Waals surface area contributed by atoms with E-state index in [1.54, 1.807) is 23.0 Å². The fourth-order valence-corrected chi connectivity index (χ4v) is 3.84. The molecule has 0 spiro atoms. The van der Waals surface area contributed by atoms with Crippen molar-refractivity contribution < 1.29 is 14.3 Å².